The molecule has 4 nitrogen and oxygen atoms in total. The first-order valence-electron chi connectivity index (χ1n) is 9.30. The Balaban J connectivity index is 2.25. The van der Waals surface area contributed by atoms with E-state index in [1.165, 1.54) is 0 Å². The molecule has 0 aromatic heterocycles. The van der Waals surface area contributed by atoms with Crippen LogP contribution in [0.25, 0.3) is 0 Å². The zero-order valence-corrected chi connectivity index (χ0v) is 15.6. The molecule has 0 aromatic rings. The Kier molecular flexibility index (Phi) is 6.41. The molecular formula is C21H32O4. The van der Waals surface area contributed by atoms with E-state index in [-0.39, 0.29) is 48.6 Å². The first-order chi connectivity index (χ1) is 11.9. The summed E-state index contributed by atoms with van der Waals surface area (Å²) in [6, 6.07) is 0. The van der Waals surface area contributed by atoms with Crippen molar-refractivity contribution in [3.63, 3.8) is 0 Å². The van der Waals surface area contributed by atoms with Crippen molar-refractivity contribution in [2.24, 2.45) is 23.7 Å². The summed E-state index contributed by atoms with van der Waals surface area (Å²) in [5.74, 6) is -0.177. The maximum absolute atomic E-state index is 11.9. The van der Waals surface area contributed by atoms with Gasteiger partial charge in [-0.3, -0.25) is 4.79 Å². The molecule has 0 aromatic carbocycles. The summed E-state index contributed by atoms with van der Waals surface area (Å²) < 4.78 is 6.35. The van der Waals surface area contributed by atoms with Crippen LogP contribution in [0.5, 0.6) is 0 Å². The predicted molar refractivity (Wildman–Crippen MR) is 99.0 cm³/mol. The van der Waals surface area contributed by atoms with E-state index < -0.39 is 11.7 Å². The van der Waals surface area contributed by atoms with Crippen molar-refractivity contribution >= 4 is 5.78 Å². The minimum atomic E-state index is -0.643. The third kappa shape index (κ3) is 3.16. The molecule has 1 heterocycles. The third-order valence-corrected chi connectivity index (χ3v) is 6.03. The summed E-state index contributed by atoms with van der Waals surface area (Å²) in [5, 5.41) is 20.5. The number of carbonyl (C=O) groups is 1. The molecule has 7 atom stereocenters. The molecule has 1 saturated heterocycles. The van der Waals surface area contributed by atoms with Gasteiger partial charge in [0.25, 0.3) is 0 Å². The SMILES string of the molecule is C=CC[C@@H]1[C@H](O)[C@H]2[C@@H]([C@@H](C)/C=C\C)O[C@]21C(=C)C(CO)CC(=O)CC. The summed E-state index contributed by atoms with van der Waals surface area (Å²) >= 11 is 0. The highest BCUT2D eigenvalue weighted by Gasteiger charge is 2.74. The normalized spacial score (nSPS) is 36.0. The van der Waals surface area contributed by atoms with Crippen LogP contribution in [0.3, 0.4) is 0 Å². The van der Waals surface area contributed by atoms with E-state index >= 15 is 0 Å². The van der Waals surface area contributed by atoms with Crippen LogP contribution in [0, 0.1) is 23.7 Å². The Hall–Kier alpha value is -1.23. The van der Waals surface area contributed by atoms with Crippen molar-refractivity contribution in [3.05, 3.63) is 37.0 Å². The van der Waals surface area contributed by atoms with Gasteiger partial charge in [0.05, 0.1) is 18.8 Å². The molecule has 1 saturated carbocycles. The molecule has 140 valence electrons. The number of hydrogen-bond acceptors (Lipinski definition) is 4. The van der Waals surface area contributed by atoms with Crippen LogP contribution >= 0.6 is 0 Å². The Morgan fingerprint density at radius 3 is 2.64 bits per heavy atom. The van der Waals surface area contributed by atoms with Gasteiger partial charge in [0.15, 0.2) is 0 Å². The van der Waals surface area contributed by atoms with Crippen molar-refractivity contribution < 1.29 is 19.7 Å². The van der Waals surface area contributed by atoms with Gasteiger partial charge in [0.1, 0.15) is 11.4 Å². The number of carbonyl (C=O) groups excluding carboxylic acids is 1. The first kappa shape index (κ1) is 20.1. The largest absolute Gasteiger partial charge is 0.396 e. The standard InChI is InChI=1S/C21H32O4/c1-6-9-13(4)20-18-19(24)17(10-7-2)21(18,25-20)14(5)15(12-22)11-16(23)8-3/h6-7,9,13,15,17-20,22,24H,2,5,8,10-12H2,1,3-4H3/b9-6-/t13-,15?,17+,18-,19-,20+,21-/m0/s1. The molecule has 1 unspecified atom stereocenters. The molecule has 0 amide bonds. The van der Waals surface area contributed by atoms with E-state index in [0.717, 1.165) is 5.57 Å². The van der Waals surface area contributed by atoms with Gasteiger partial charge < -0.3 is 14.9 Å². The number of fused-ring (bicyclic) bond motifs is 1. The van der Waals surface area contributed by atoms with Crippen LogP contribution in [-0.4, -0.2) is 40.4 Å². The monoisotopic (exact) mass is 348 g/mol. The minimum Gasteiger partial charge on any atom is -0.396 e. The lowest BCUT2D eigenvalue weighted by molar-refractivity contribution is -0.378. The van der Waals surface area contributed by atoms with E-state index in [0.29, 0.717) is 12.8 Å². The van der Waals surface area contributed by atoms with Crippen LogP contribution < -0.4 is 0 Å². The lowest BCUT2D eigenvalue weighted by Crippen LogP contribution is -2.81. The van der Waals surface area contributed by atoms with E-state index in [4.69, 9.17) is 4.74 Å². The summed E-state index contributed by atoms with van der Waals surface area (Å²) in [5.41, 5.74) is 0.109. The maximum Gasteiger partial charge on any atom is 0.133 e. The van der Waals surface area contributed by atoms with Crippen molar-refractivity contribution in [2.75, 3.05) is 6.61 Å². The number of rotatable bonds is 10. The molecule has 2 N–H and O–H groups in total. The van der Waals surface area contributed by atoms with Crippen LogP contribution in [0.4, 0.5) is 0 Å². The number of Topliss-reactive ketones (excluding diaryl/α,β-unsaturated/α-hetero) is 1. The average molecular weight is 348 g/mol. The Morgan fingerprint density at radius 2 is 2.12 bits per heavy atom. The second-order valence-corrected chi connectivity index (χ2v) is 7.41. The van der Waals surface area contributed by atoms with Crippen LogP contribution in [0.15, 0.2) is 37.0 Å². The number of aliphatic hydroxyl groups excluding tert-OH is 2. The highest BCUT2D eigenvalue weighted by molar-refractivity contribution is 5.78. The van der Waals surface area contributed by atoms with Gasteiger partial charge >= 0.3 is 0 Å². The van der Waals surface area contributed by atoms with Gasteiger partial charge in [-0.1, -0.05) is 38.7 Å². The summed E-state index contributed by atoms with van der Waals surface area (Å²) in [4.78, 5) is 11.9. The molecule has 0 bridgehead atoms. The lowest BCUT2D eigenvalue weighted by Gasteiger charge is -2.71. The van der Waals surface area contributed by atoms with E-state index in [1.54, 1.807) is 6.08 Å². The number of aliphatic hydroxyl groups is 2. The lowest BCUT2D eigenvalue weighted by atomic mass is 9.46. The molecule has 2 rings (SSSR count). The van der Waals surface area contributed by atoms with E-state index in [9.17, 15) is 15.0 Å². The summed E-state index contributed by atoms with van der Waals surface area (Å²) in [6.45, 7) is 13.7. The Bertz CT molecular complexity index is 552. The molecule has 2 aliphatic rings. The zero-order valence-electron chi connectivity index (χ0n) is 15.6. The predicted octanol–water partition coefficient (Wildman–Crippen LogP) is 3.05. The number of hydrogen-bond donors (Lipinski definition) is 2. The van der Waals surface area contributed by atoms with Crippen LogP contribution in [-0.2, 0) is 9.53 Å². The fourth-order valence-electron chi connectivity index (χ4n) is 4.62. The molecule has 0 spiro atoms. The quantitative estimate of drug-likeness (QED) is 0.596. The third-order valence-electron chi connectivity index (χ3n) is 6.03. The number of ketones is 1. The van der Waals surface area contributed by atoms with Gasteiger partial charge in [0.2, 0.25) is 0 Å². The summed E-state index contributed by atoms with van der Waals surface area (Å²) in [6.07, 6.45) is 6.67. The Morgan fingerprint density at radius 1 is 1.44 bits per heavy atom. The second-order valence-electron chi connectivity index (χ2n) is 7.41. The highest BCUT2D eigenvalue weighted by Crippen LogP contribution is 2.65. The van der Waals surface area contributed by atoms with Gasteiger partial charge in [0, 0.05) is 36.5 Å². The van der Waals surface area contributed by atoms with Crippen molar-refractivity contribution in [2.45, 2.75) is 57.8 Å². The fourth-order valence-corrected chi connectivity index (χ4v) is 4.62. The minimum absolute atomic E-state index is 0.0399. The van der Waals surface area contributed by atoms with Gasteiger partial charge in [-0.25, -0.2) is 0 Å². The highest BCUT2D eigenvalue weighted by atomic mass is 16.6. The van der Waals surface area contributed by atoms with Crippen molar-refractivity contribution in [3.8, 4) is 0 Å². The molecule has 4 heteroatoms. The van der Waals surface area contributed by atoms with Crippen LogP contribution in [0.1, 0.15) is 40.0 Å². The number of allylic oxidation sites excluding steroid dienone is 2. The van der Waals surface area contributed by atoms with E-state index in [2.05, 4.69) is 26.2 Å². The topological polar surface area (TPSA) is 66.8 Å². The molecular weight excluding hydrogens is 316 g/mol. The molecule has 2 fully saturated rings. The summed E-state index contributed by atoms with van der Waals surface area (Å²) in [7, 11) is 0. The van der Waals surface area contributed by atoms with Gasteiger partial charge in [-0.2, -0.15) is 0 Å². The molecule has 1 aliphatic carbocycles. The van der Waals surface area contributed by atoms with Crippen molar-refractivity contribution in [1.29, 1.82) is 0 Å². The van der Waals surface area contributed by atoms with Crippen molar-refractivity contribution in [1.82, 2.24) is 0 Å². The zero-order chi connectivity index (χ0) is 18.8. The van der Waals surface area contributed by atoms with Crippen LogP contribution in [0.2, 0.25) is 0 Å². The van der Waals surface area contributed by atoms with E-state index in [1.807, 2.05) is 19.9 Å². The molecule has 25 heavy (non-hydrogen) atoms. The maximum atomic E-state index is 11.9. The fraction of sp³-hybridized carbons (Fsp3) is 0.667. The molecule has 0 radical (unpaired) electrons. The van der Waals surface area contributed by atoms with Gasteiger partial charge in [-0.05, 0) is 18.9 Å². The van der Waals surface area contributed by atoms with Gasteiger partial charge in [-0.15, -0.1) is 6.58 Å². The average Bonchev–Trinajstić information content (AvgIpc) is 2.57. The second kappa shape index (κ2) is 7.98. The first-order valence-corrected chi connectivity index (χ1v) is 9.30. The molecule has 1 aliphatic heterocycles. The number of ether oxygens (including phenoxy) is 1. The smallest absolute Gasteiger partial charge is 0.133 e. The Labute approximate surface area is 151 Å².